The van der Waals surface area contributed by atoms with Crippen LogP contribution in [0.1, 0.15) is 35.0 Å². The number of benzene rings is 1. The van der Waals surface area contributed by atoms with Gasteiger partial charge in [-0.2, -0.15) is 5.10 Å². The van der Waals surface area contributed by atoms with E-state index in [2.05, 4.69) is 10.2 Å². The van der Waals surface area contributed by atoms with Gasteiger partial charge in [-0.05, 0) is 55.3 Å². The number of carbonyl (C=O) groups is 1. The van der Waals surface area contributed by atoms with Crippen LogP contribution in [-0.4, -0.2) is 34.1 Å². The Balaban J connectivity index is 1.50. The van der Waals surface area contributed by atoms with Gasteiger partial charge in [0.1, 0.15) is 5.82 Å². The van der Waals surface area contributed by atoms with E-state index < -0.39 is 0 Å². The van der Waals surface area contributed by atoms with E-state index in [0.29, 0.717) is 12.3 Å². The zero-order valence-electron chi connectivity index (χ0n) is 13.6. The van der Waals surface area contributed by atoms with Crippen molar-refractivity contribution in [2.24, 2.45) is 0 Å². The Labute approximate surface area is 144 Å². The second-order valence-electron chi connectivity index (χ2n) is 6.28. The fourth-order valence-corrected chi connectivity index (χ4v) is 3.29. The molecule has 0 saturated carbocycles. The number of halogens is 1. The monoisotopic (exact) mass is 339 g/mol. The van der Waals surface area contributed by atoms with Crippen molar-refractivity contribution in [1.82, 2.24) is 15.1 Å². The van der Waals surface area contributed by atoms with Crippen LogP contribution in [0.5, 0.6) is 0 Å². The van der Waals surface area contributed by atoms with Crippen LogP contribution in [0, 0.1) is 5.82 Å². The molecule has 0 bridgehead atoms. The number of carbonyl (C=O) groups excluding carboxylic acids is 1. The second kappa shape index (κ2) is 6.55. The highest BCUT2D eigenvalue weighted by molar-refractivity contribution is 5.91. The number of hydrogen-bond acceptors (Lipinski definition) is 3. The third-order valence-corrected chi connectivity index (χ3v) is 4.62. The van der Waals surface area contributed by atoms with Crippen LogP contribution in [-0.2, 0) is 0 Å². The number of furan rings is 1. The molecule has 1 N–H and O–H groups in total. The number of hydrogen-bond donors (Lipinski definition) is 1. The Kier molecular flexibility index (Phi) is 4.09. The first-order valence-electron chi connectivity index (χ1n) is 8.35. The fraction of sp³-hybridized carbons (Fsp3) is 0.263. The number of aromatic amines is 1. The topological polar surface area (TPSA) is 62.1 Å². The minimum Gasteiger partial charge on any atom is -0.459 e. The summed E-state index contributed by atoms with van der Waals surface area (Å²) in [5.41, 5.74) is 2.64. The van der Waals surface area contributed by atoms with Crippen molar-refractivity contribution in [3.63, 3.8) is 0 Å². The van der Waals surface area contributed by atoms with Crippen molar-refractivity contribution < 1.29 is 13.6 Å². The van der Waals surface area contributed by atoms with E-state index in [1.54, 1.807) is 24.3 Å². The van der Waals surface area contributed by atoms with Gasteiger partial charge in [0.2, 0.25) is 0 Å². The van der Waals surface area contributed by atoms with Gasteiger partial charge in [0, 0.05) is 30.3 Å². The molecule has 1 aromatic carbocycles. The van der Waals surface area contributed by atoms with Crippen molar-refractivity contribution >= 4 is 5.91 Å². The summed E-state index contributed by atoms with van der Waals surface area (Å²) in [6.07, 6.45) is 3.44. The number of piperidine rings is 1. The van der Waals surface area contributed by atoms with Crippen molar-refractivity contribution in [2.45, 2.75) is 18.8 Å². The van der Waals surface area contributed by atoms with Crippen molar-refractivity contribution in [3.8, 4) is 11.3 Å². The SMILES string of the molecule is O=C(c1ccco1)N1CCC[C@@H](c2cc(-c3ccc(F)cc3)n[nH]2)C1. The Morgan fingerprint density at radius 2 is 2.12 bits per heavy atom. The number of H-pyrrole nitrogens is 1. The summed E-state index contributed by atoms with van der Waals surface area (Å²) >= 11 is 0. The number of rotatable bonds is 3. The van der Waals surface area contributed by atoms with Gasteiger partial charge in [0.25, 0.3) is 5.91 Å². The predicted molar refractivity (Wildman–Crippen MR) is 90.6 cm³/mol. The van der Waals surface area contributed by atoms with Gasteiger partial charge in [-0.25, -0.2) is 4.39 Å². The molecule has 1 aliphatic heterocycles. The van der Waals surface area contributed by atoms with Crippen LogP contribution < -0.4 is 0 Å². The Morgan fingerprint density at radius 1 is 1.28 bits per heavy atom. The molecule has 0 radical (unpaired) electrons. The van der Waals surface area contributed by atoms with Crippen LogP contribution in [0.2, 0.25) is 0 Å². The molecule has 128 valence electrons. The summed E-state index contributed by atoms with van der Waals surface area (Å²) in [5.74, 6) is 0.235. The maximum Gasteiger partial charge on any atom is 0.289 e. The van der Waals surface area contributed by atoms with Crippen LogP contribution >= 0.6 is 0 Å². The van der Waals surface area contributed by atoms with Crippen LogP contribution in [0.15, 0.2) is 53.1 Å². The van der Waals surface area contributed by atoms with Gasteiger partial charge in [0.05, 0.1) is 12.0 Å². The average molecular weight is 339 g/mol. The third-order valence-electron chi connectivity index (χ3n) is 4.62. The quantitative estimate of drug-likeness (QED) is 0.789. The first-order valence-corrected chi connectivity index (χ1v) is 8.35. The molecule has 1 saturated heterocycles. The predicted octanol–water partition coefficient (Wildman–Crippen LogP) is 3.83. The van der Waals surface area contributed by atoms with E-state index in [1.165, 1.54) is 18.4 Å². The standard InChI is InChI=1S/C19H18FN3O2/c20-15-7-5-13(6-8-15)16-11-17(22-21-16)14-3-1-9-23(12-14)19(24)18-4-2-10-25-18/h2,4-8,10-11,14H,1,3,9,12H2,(H,21,22)/t14-/m1/s1. The molecule has 3 aromatic rings. The number of likely N-dealkylation sites (tertiary alicyclic amines) is 1. The lowest BCUT2D eigenvalue weighted by Crippen LogP contribution is -2.39. The summed E-state index contributed by atoms with van der Waals surface area (Å²) < 4.78 is 18.3. The van der Waals surface area contributed by atoms with Crippen LogP contribution in [0.25, 0.3) is 11.3 Å². The maximum atomic E-state index is 13.1. The number of nitrogens with one attached hydrogen (secondary N) is 1. The first kappa shape index (κ1) is 15.6. The van der Waals surface area contributed by atoms with Gasteiger partial charge in [-0.3, -0.25) is 9.89 Å². The Bertz CT molecular complexity index is 855. The highest BCUT2D eigenvalue weighted by atomic mass is 19.1. The van der Waals surface area contributed by atoms with E-state index in [9.17, 15) is 9.18 Å². The molecular formula is C19H18FN3O2. The van der Waals surface area contributed by atoms with E-state index in [4.69, 9.17) is 4.42 Å². The molecule has 1 amide bonds. The summed E-state index contributed by atoms with van der Waals surface area (Å²) in [4.78, 5) is 14.3. The van der Waals surface area contributed by atoms with Crippen LogP contribution in [0.4, 0.5) is 4.39 Å². The smallest absolute Gasteiger partial charge is 0.289 e. The number of aromatic nitrogens is 2. The van der Waals surface area contributed by atoms with E-state index in [-0.39, 0.29) is 17.6 Å². The lowest BCUT2D eigenvalue weighted by molar-refractivity contribution is 0.0673. The van der Waals surface area contributed by atoms with Gasteiger partial charge in [-0.15, -0.1) is 0 Å². The molecule has 1 fully saturated rings. The zero-order chi connectivity index (χ0) is 17.2. The van der Waals surface area contributed by atoms with Gasteiger partial charge < -0.3 is 9.32 Å². The lowest BCUT2D eigenvalue weighted by atomic mass is 9.94. The molecule has 25 heavy (non-hydrogen) atoms. The number of amides is 1. The molecule has 0 unspecified atom stereocenters. The Morgan fingerprint density at radius 3 is 2.88 bits per heavy atom. The molecule has 3 heterocycles. The molecular weight excluding hydrogens is 321 g/mol. The molecule has 4 rings (SSSR count). The minimum atomic E-state index is -0.265. The molecule has 1 aliphatic rings. The number of nitrogens with zero attached hydrogens (tertiary/aromatic N) is 2. The summed E-state index contributed by atoms with van der Waals surface area (Å²) in [6.45, 7) is 1.36. The highest BCUT2D eigenvalue weighted by Crippen LogP contribution is 2.29. The van der Waals surface area contributed by atoms with E-state index in [1.807, 2.05) is 11.0 Å². The van der Waals surface area contributed by atoms with E-state index in [0.717, 1.165) is 36.3 Å². The molecule has 0 aliphatic carbocycles. The lowest BCUT2D eigenvalue weighted by Gasteiger charge is -2.31. The molecule has 2 aromatic heterocycles. The summed E-state index contributed by atoms with van der Waals surface area (Å²) in [7, 11) is 0. The zero-order valence-corrected chi connectivity index (χ0v) is 13.6. The molecule has 5 nitrogen and oxygen atoms in total. The van der Waals surface area contributed by atoms with Gasteiger partial charge in [0.15, 0.2) is 5.76 Å². The largest absolute Gasteiger partial charge is 0.459 e. The van der Waals surface area contributed by atoms with Gasteiger partial charge >= 0.3 is 0 Å². The maximum absolute atomic E-state index is 13.1. The molecule has 0 spiro atoms. The van der Waals surface area contributed by atoms with Crippen molar-refractivity contribution in [2.75, 3.05) is 13.1 Å². The Hall–Kier alpha value is -2.89. The van der Waals surface area contributed by atoms with E-state index >= 15 is 0 Å². The van der Waals surface area contributed by atoms with Crippen molar-refractivity contribution in [3.05, 3.63) is 66.0 Å². The molecule has 1 atom stereocenters. The first-order chi connectivity index (χ1) is 12.2. The van der Waals surface area contributed by atoms with Gasteiger partial charge in [-0.1, -0.05) is 0 Å². The third kappa shape index (κ3) is 3.20. The van der Waals surface area contributed by atoms with Crippen LogP contribution in [0.3, 0.4) is 0 Å². The molecule has 6 heteroatoms. The second-order valence-corrected chi connectivity index (χ2v) is 6.28. The van der Waals surface area contributed by atoms with Crippen molar-refractivity contribution in [1.29, 1.82) is 0 Å². The average Bonchev–Trinajstić information content (AvgIpc) is 3.34. The normalized spacial score (nSPS) is 17.6. The summed E-state index contributed by atoms with van der Waals surface area (Å²) in [5, 5.41) is 7.42. The highest BCUT2D eigenvalue weighted by Gasteiger charge is 2.27. The summed E-state index contributed by atoms with van der Waals surface area (Å²) in [6, 6.07) is 11.7. The fourth-order valence-electron chi connectivity index (χ4n) is 3.29. The minimum absolute atomic E-state index is 0.0760.